The Bertz CT molecular complexity index is 1210. The summed E-state index contributed by atoms with van der Waals surface area (Å²) in [6.07, 6.45) is 58.5. The van der Waals surface area contributed by atoms with Crippen LogP contribution in [0.1, 0.15) is 271 Å². The molecule has 0 aromatic carbocycles. The number of allylic oxidation sites excluding steroid dienone is 6. The third kappa shape index (κ3) is 51.9. The summed E-state index contributed by atoms with van der Waals surface area (Å²) in [5.41, 5.74) is 0. The van der Waals surface area contributed by atoms with Crippen LogP contribution in [0.2, 0.25) is 0 Å². The monoisotopic (exact) mass is 969 g/mol. The van der Waals surface area contributed by atoms with Crippen LogP contribution in [0.15, 0.2) is 36.5 Å². The second kappa shape index (κ2) is 52.0. The maximum atomic E-state index is 12.7. The summed E-state index contributed by atoms with van der Waals surface area (Å²) in [5, 5.41) is 18.4. The van der Waals surface area contributed by atoms with Gasteiger partial charge in [-0.1, -0.05) is 224 Å². The fraction of sp³-hybridized carbons (Fsp3) is 0.857. The number of carbonyl (C=O) groups excluding carboxylic acids is 2. The molecular formula is C56H105O10P. The Kier molecular flexibility index (Phi) is 50.6. The van der Waals surface area contributed by atoms with Crippen molar-refractivity contribution >= 4 is 19.8 Å². The van der Waals surface area contributed by atoms with Gasteiger partial charge in [-0.25, -0.2) is 4.57 Å². The standard InChI is InChI=1S/C56H105O10P/c1-3-5-7-9-11-13-15-17-19-21-23-25-26-28-29-31-33-35-37-39-41-43-45-47-55(59)63-51-54(52-65-67(61,62)64-50-53(58)49-57)66-56(60)48-46-44-42-40-38-36-34-32-30-27-24-22-20-18-16-14-12-10-8-6-4-2/h18,20,31,33,39,41,53-54,57-58H,3-17,19,21-30,32,34-38,40,42-52H2,1-2H3,(H,61,62)/b20-18+,33-31+,41-39+/t53-,54+/m0/s1. The normalized spacial score (nSPS) is 13.8. The Labute approximate surface area is 411 Å². The Morgan fingerprint density at radius 2 is 0.761 bits per heavy atom. The first-order valence-electron chi connectivity index (χ1n) is 27.9. The molecule has 0 aliphatic heterocycles. The van der Waals surface area contributed by atoms with E-state index in [1.165, 1.54) is 186 Å². The number of carbonyl (C=O) groups is 2. The predicted molar refractivity (Wildman–Crippen MR) is 279 cm³/mol. The van der Waals surface area contributed by atoms with Gasteiger partial charge in [0.1, 0.15) is 12.7 Å². The molecule has 0 heterocycles. The molecule has 0 saturated heterocycles. The van der Waals surface area contributed by atoms with Gasteiger partial charge in [-0.2, -0.15) is 0 Å². The molecule has 394 valence electrons. The number of ether oxygens (including phenoxy) is 2. The molecule has 11 heteroatoms. The second-order valence-electron chi connectivity index (χ2n) is 18.9. The van der Waals surface area contributed by atoms with Crippen molar-refractivity contribution in [1.29, 1.82) is 0 Å². The van der Waals surface area contributed by atoms with Crippen LogP contribution in [0.3, 0.4) is 0 Å². The number of unbranched alkanes of at least 4 members (excludes halogenated alkanes) is 33. The number of hydrogen-bond acceptors (Lipinski definition) is 9. The quantitative estimate of drug-likeness (QED) is 0.0233. The van der Waals surface area contributed by atoms with Crippen LogP contribution in [0.5, 0.6) is 0 Å². The van der Waals surface area contributed by atoms with Crippen molar-refractivity contribution < 1.29 is 47.8 Å². The molecule has 0 saturated carbocycles. The van der Waals surface area contributed by atoms with Gasteiger partial charge in [0, 0.05) is 12.8 Å². The van der Waals surface area contributed by atoms with Crippen molar-refractivity contribution in [3.63, 3.8) is 0 Å². The van der Waals surface area contributed by atoms with Gasteiger partial charge in [0.15, 0.2) is 6.10 Å². The smallest absolute Gasteiger partial charge is 0.462 e. The van der Waals surface area contributed by atoms with Crippen LogP contribution in [-0.4, -0.2) is 65.7 Å². The van der Waals surface area contributed by atoms with Crippen LogP contribution >= 0.6 is 7.82 Å². The third-order valence-electron chi connectivity index (χ3n) is 12.2. The Morgan fingerprint density at radius 1 is 0.433 bits per heavy atom. The number of hydrogen-bond donors (Lipinski definition) is 3. The Morgan fingerprint density at radius 3 is 1.16 bits per heavy atom. The highest BCUT2D eigenvalue weighted by Crippen LogP contribution is 2.43. The summed E-state index contributed by atoms with van der Waals surface area (Å²) < 4.78 is 32.9. The lowest BCUT2D eigenvalue weighted by atomic mass is 10.0. The highest BCUT2D eigenvalue weighted by Gasteiger charge is 2.27. The molecule has 0 rings (SSSR count). The van der Waals surface area contributed by atoms with Crippen molar-refractivity contribution in [2.45, 2.75) is 283 Å². The highest BCUT2D eigenvalue weighted by atomic mass is 31.2. The summed E-state index contributed by atoms with van der Waals surface area (Å²) >= 11 is 0. The molecule has 0 aliphatic rings. The van der Waals surface area contributed by atoms with Gasteiger partial charge >= 0.3 is 19.8 Å². The molecule has 0 aliphatic carbocycles. The van der Waals surface area contributed by atoms with Crippen LogP contribution < -0.4 is 0 Å². The molecule has 0 amide bonds. The molecule has 67 heavy (non-hydrogen) atoms. The van der Waals surface area contributed by atoms with Crippen molar-refractivity contribution in [1.82, 2.24) is 0 Å². The molecule has 0 aromatic heterocycles. The molecule has 0 spiro atoms. The van der Waals surface area contributed by atoms with E-state index in [-0.39, 0.29) is 19.4 Å². The van der Waals surface area contributed by atoms with Crippen molar-refractivity contribution in [2.24, 2.45) is 0 Å². The van der Waals surface area contributed by atoms with Gasteiger partial charge in [0.25, 0.3) is 0 Å². The van der Waals surface area contributed by atoms with Crippen molar-refractivity contribution in [2.75, 3.05) is 26.4 Å². The zero-order valence-corrected chi connectivity index (χ0v) is 44.3. The first-order valence-corrected chi connectivity index (χ1v) is 29.4. The first-order chi connectivity index (χ1) is 32.7. The van der Waals surface area contributed by atoms with E-state index < -0.39 is 51.8 Å². The first kappa shape index (κ1) is 65.2. The molecule has 0 bridgehead atoms. The number of esters is 2. The van der Waals surface area contributed by atoms with Gasteiger partial charge in [-0.15, -0.1) is 0 Å². The van der Waals surface area contributed by atoms with Gasteiger partial charge in [-0.05, 0) is 70.6 Å². The summed E-state index contributed by atoms with van der Waals surface area (Å²) in [6, 6.07) is 0. The Balaban J connectivity index is 4.16. The SMILES string of the molecule is CCCCCCCC/C=C/CCCCCCCCCCCCCC(=O)O[C@H](COC(=O)CCC/C=C/CC/C=C/CCCCCCCCCCCCCCCC)COP(=O)(O)OC[C@@H](O)CO. The van der Waals surface area contributed by atoms with E-state index in [9.17, 15) is 24.2 Å². The number of aliphatic hydroxyl groups excluding tert-OH is 2. The van der Waals surface area contributed by atoms with E-state index in [2.05, 4.69) is 50.3 Å². The minimum Gasteiger partial charge on any atom is -0.462 e. The molecule has 3 N–H and O–H groups in total. The highest BCUT2D eigenvalue weighted by molar-refractivity contribution is 7.47. The zero-order chi connectivity index (χ0) is 49.0. The number of rotatable bonds is 53. The molecule has 0 aromatic rings. The maximum Gasteiger partial charge on any atom is 0.472 e. The van der Waals surface area contributed by atoms with Gasteiger partial charge in [0.05, 0.1) is 19.8 Å². The Hall–Kier alpha value is -1.81. The fourth-order valence-electron chi connectivity index (χ4n) is 7.95. The second-order valence-corrected chi connectivity index (χ2v) is 20.4. The van der Waals surface area contributed by atoms with Gasteiger partial charge in [0.2, 0.25) is 0 Å². The summed E-state index contributed by atoms with van der Waals surface area (Å²) in [7, 11) is -4.63. The molecule has 3 atom stereocenters. The average molecular weight is 969 g/mol. The van der Waals surface area contributed by atoms with Crippen LogP contribution in [0.4, 0.5) is 0 Å². The topological polar surface area (TPSA) is 149 Å². The van der Waals surface area contributed by atoms with Gasteiger partial charge in [-0.3, -0.25) is 18.6 Å². The lowest BCUT2D eigenvalue weighted by molar-refractivity contribution is -0.161. The van der Waals surface area contributed by atoms with Gasteiger partial charge < -0.3 is 24.6 Å². The van der Waals surface area contributed by atoms with E-state index in [1.54, 1.807) is 0 Å². The fourth-order valence-corrected chi connectivity index (χ4v) is 8.74. The van der Waals surface area contributed by atoms with E-state index >= 15 is 0 Å². The summed E-state index contributed by atoms with van der Waals surface area (Å²) in [5.74, 6) is -0.964. The largest absolute Gasteiger partial charge is 0.472 e. The molecule has 0 fully saturated rings. The van der Waals surface area contributed by atoms with Crippen LogP contribution in [0, 0.1) is 0 Å². The summed E-state index contributed by atoms with van der Waals surface area (Å²) in [4.78, 5) is 35.2. The van der Waals surface area contributed by atoms with Crippen LogP contribution in [0.25, 0.3) is 0 Å². The minimum absolute atomic E-state index is 0.177. The van der Waals surface area contributed by atoms with E-state index in [0.717, 1.165) is 44.9 Å². The zero-order valence-electron chi connectivity index (χ0n) is 43.4. The lowest BCUT2D eigenvalue weighted by Crippen LogP contribution is -2.29. The predicted octanol–water partition coefficient (Wildman–Crippen LogP) is 16.2. The summed E-state index contributed by atoms with van der Waals surface area (Å²) in [6.45, 7) is 2.39. The average Bonchev–Trinajstić information content (AvgIpc) is 3.32. The lowest BCUT2D eigenvalue weighted by Gasteiger charge is -2.20. The maximum absolute atomic E-state index is 12.7. The van der Waals surface area contributed by atoms with E-state index in [4.69, 9.17) is 23.6 Å². The number of aliphatic hydroxyl groups is 2. The van der Waals surface area contributed by atoms with Crippen molar-refractivity contribution in [3.8, 4) is 0 Å². The molecular weight excluding hydrogens is 864 g/mol. The minimum atomic E-state index is -4.63. The van der Waals surface area contributed by atoms with E-state index in [1.807, 2.05) is 0 Å². The third-order valence-corrected chi connectivity index (χ3v) is 13.2. The molecule has 0 radical (unpaired) electrons. The van der Waals surface area contributed by atoms with Crippen molar-refractivity contribution in [3.05, 3.63) is 36.5 Å². The van der Waals surface area contributed by atoms with Crippen LogP contribution in [-0.2, 0) is 32.7 Å². The molecule has 1 unspecified atom stereocenters. The number of phosphoric acid groups is 1. The van der Waals surface area contributed by atoms with E-state index in [0.29, 0.717) is 12.8 Å². The number of phosphoric ester groups is 1. The molecule has 10 nitrogen and oxygen atoms in total.